The van der Waals surface area contributed by atoms with Crippen molar-refractivity contribution in [1.29, 1.82) is 0 Å². The van der Waals surface area contributed by atoms with Gasteiger partial charge < -0.3 is 0 Å². The van der Waals surface area contributed by atoms with E-state index < -0.39 is 34.8 Å². The van der Waals surface area contributed by atoms with Crippen LogP contribution in [-0.2, 0) is 0 Å². The van der Waals surface area contributed by atoms with Crippen molar-refractivity contribution in [2.45, 2.75) is 112 Å². The molecule has 0 aromatic carbocycles. The molecule has 0 aromatic heterocycles. The van der Waals surface area contributed by atoms with Crippen LogP contribution in [0.4, 0.5) is 0 Å². The van der Waals surface area contributed by atoms with Crippen LogP contribution in [-0.4, -0.2) is 45.6 Å². The monoisotopic (exact) mass is 491 g/mol. The van der Waals surface area contributed by atoms with Crippen LogP contribution in [0, 0.1) is 0 Å². The van der Waals surface area contributed by atoms with E-state index in [2.05, 4.69) is 74.5 Å². The zero-order valence-electron chi connectivity index (χ0n) is 19.2. The van der Waals surface area contributed by atoms with Crippen LogP contribution >= 0.6 is 0 Å². The first-order chi connectivity index (χ1) is 11.5. The molecule has 4 heteroatoms. The summed E-state index contributed by atoms with van der Waals surface area (Å²) >= 11 is -2.08. The molecule has 0 heterocycles. The van der Waals surface area contributed by atoms with E-state index in [1.54, 1.807) is 13.3 Å². The third kappa shape index (κ3) is 10.7. The molecule has 0 aliphatic carbocycles. The number of rotatable bonds is 14. The predicted molar refractivity (Wildman–Crippen MR) is 127 cm³/mol. The first kappa shape index (κ1) is 25.9. The molecule has 0 rings (SSSR count). The van der Waals surface area contributed by atoms with Crippen LogP contribution in [0.25, 0.3) is 0 Å². The Labute approximate surface area is 167 Å². The van der Waals surface area contributed by atoms with Gasteiger partial charge in [0.05, 0.1) is 0 Å². The maximum absolute atomic E-state index is 2.94. The van der Waals surface area contributed by atoms with Crippen molar-refractivity contribution in [3.05, 3.63) is 10.2 Å². The Bertz CT molecular complexity index is 333. The first-order valence-electron chi connectivity index (χ1n) is 11.0. The van der Waals surface area contributed by atoms with Crippen molar-refractivity contribution < 1.29 is 0 Å². The predicted octanol–water partition coefficient (Wildman–Crippen LogP) is 7.90. The Morgan fingerprint density at radius 1 is 0.680 bits per heavy atom. The van der Waals surface area contributed by atoms with Crippen molar-refractivity contribution in [3.8, 4) is 0 Å². The van der Waals surface area contributed by atoms with E-state index in [1.807, 2.05) is 0 Å². The fourth-order valence-corrected chi connectivity index (χ4v) is 27.9. The summed E-state index contributed by atoms with van der Waals surface area (Å²) in [7, 11) is -2.45. The first-order valence-corrected chi connectivity index (χ1v) is 25.6. The van der Waals surface area contributed by atoms with Crippen LogP contribution in [0.2, 0.25) is 52.6 Å². The molecular formula is C21H49NSi2Sn. The van der Waals surface area contributed by atoms with Crippen molar-refractivity contribution >= 4 is 34.8 Å². The van der Waals surface area contributed by atoms with Gasteiger partial charge in [0, 0.05) is 0 Å². The van der Waals surface area contributed by atoms with Crippen LogP contribution in [0.1, 0.15) is 59.3 Å². The van der Waals surface area contributed by atoms with Crippen molar-refractivity contribution in [2.75, 3.05) is 6.54 Å². The van der Waals surface area contributed by atoms with Crippen LogP contribution in [0.5, 0.6) is 0 Å². The molecule has 0 amide bonds. The summed E-state index contributed by atoms with van der Waals surface area (Å²) in [5, 5.41) is 0. The molecule has 0 aromatic rings. The van der Waals surface area contributed by atoms with Gasteiger partial charge in [0.25, 0.3) is 0 Å². The molecular weight excluding hydrogens is 441 g/mol. The minimum atomic E-state index is -2.08. The van der Waals surface area contributed by atoms with Gasteiger partial charge in [-0.3, -0.25) is 0 Å². The van der Waals surface area contributed by atoms with E-state index in [0.29, 0.717) is 0 Å². The molecule has 0 aliphatic heterocycles. The molecule has 0 N–H and O–H groups in total. The van der Waals surface area contributed by atoms with Gasteiger partial charge in [-0.05, 0) is 0 Å². The second-order valence-electron chi connectivity index (χ2n) is 10.0. The summed E-state index contributed by atoms with van der Waals surface area (Å²) in [4.78, 5) is 0. The summed E-state index contributed by atoms with van der Waals surface area (Å²) in [5.74, 6) is 0. The Morgan fingerprint density at radius 3 is 1.32 bits per heavy atom. The SMILES string of the molecule is CCC[CH2][Sn](/[CH]=C/CN([Si](C)(C)C)[Si](C)(C)C)([CH2]CCC)[CH2]CCC. The standard InChI is InChI=1S/C9H22NSi2.3C4H9.Sn/c1-8-9-10(11(2,3)4)12(5,6)7;3*1-3-4-2;/h1,8H,9H2,2-7H3;3*1,3-4H2,2H3;. The minimum absolute atomic E-state index is 1.23. The molecule has 1 nitrogen and oxygen atoms in total. The average molecular weight is 491 g/mol. The number of hydrogen-bond acceptors (Lipinski definition) is 1. The van der Waals surface area contributed by atoms with E-state index in [1.165, 1.54) is 45.1 Å². The Kier molecular flexibility index (Phi) is 12.9. The Balaban J connectivity index is 5.31. The van der Waals surface area contributed by atoms with E-state index in [0.717, 1.165) is 0 Å². The van der Waals surface area contributed by atoms with E-state index in [9.17, 15) is 0 Å². The van der Waals surface area contributed by atoms with Crippen molar-refractivity contribution in [1.82, 2.24) is 4.23 Å². The van der Waals surface area contributed by atoms with Gasteiger partial charge in [-0.1, -0.05) is 0 Å². The van der Waals surface area contributed by atoms with Crippen LogP contribution in [0.15, 0.2) is 10.2 Å². The van der Waals surface area contributed by atoms with Crippen molar-refractivity contribution in [3.63, 3.8) is 0 Å². The summed E-state index contributed by atoms with van der Waals surface area (Å²) in [6.07, 6.45) is 11.2. The summed E-state index contributed by atoms with van der Waals surface area (Å²) in [6.45, 7) is 23.5. The Morgan fingerprint density at radius 2 is 1.04 bits per heavy atom. The third-order valence-electron chi connectivity index (χ3n) is 5.46. The van der Waals surface area contributed by atoms with Gasteiger partial charge >= 0.3 is 168 Å². The second kappa shape index (κ2) is 12.4. The van der Waals surface area contributed by atoms with Crippen molar-refractivity contribution in [2.24, 2.45) is 0 Å². The van der Waals surface area contributed by atoms with Gasteiger partial charge in [0.15, 0.2) is 0 Å². The molecule has 0 atom stereocenters. The maximum atomic E-state index is 2.94. The molecule has 0 saturated carbocycles. The molecule has 150 valence electrons. The summed E-state index contributed by atoms with van der Waals surface area (Å²) < 4.78 is 10.6. The number of nitrogens with zero attached hydrogens (tertiary/aromatic N) is 1. The molecule has 0 bridgehead atoms. The third-order valence-corrected chi connectivity index (χ3v) is 27.3. The van der Waals surface area contributed by atoms with Gasteiger partial charge in [0.1, 0.15) is 0 Å². The van der Waals surface area contributed by atoms with E-state index >= 15 is 0 Å². The van der Waals surface area contributed by atoms with E-state index in [-0.39, 0.29) is 0 Å². The van der Waals surface area contributed by atoms with E-state index in [4.69, 9.17) is 0 Å². The molecule has 25 heavy (non-hydrogen) atoms. The summed E-state index contributed by atoms with van der Waals surface area (Å²) in [6, 6.07) is 0. The summed E-state index contributed by atoms with van der Waals surface area (Å²) in [5.41, 5.74) is 0. The number of hydrogen-bond donors (Lipinski definition) is 0. The normalized spacial score (nSPS) is 14.0. The van der Waals surface area contributed by atoms with Gasteiger partial charge in [0.2, 0.25) is 0 Å². The Hall–Kier alpha value is 0.932. The fraction of sp³-hybridized carbons (Fsp3) is 0.905. The van der Waals surface area contributed by atoms with Gasteiger partial charge in [-0.2, -0.15) is 0 Å². The van der Waals surface area contributed by atoms with Crippen LogP contribution in [0.3, 0.4) is 0 Å². The molecule has 0 saturated heterocycles. The molecule has 0 fully saturated rings. The average Bonchev–Trinajstić information content (AvgIpc) is 2.50. The van der Waals surface area contributed by atoms with Gasteiger partial charge in [-0.25, -0.2) is 0 Å². The molecule has 0 spiro atoms. The van der Waals surface area contributed by atoms with Gasteiger partial charge in [-0.15, -0.1) is 0 Å². The zero-order valence-corrected chi connectivity index (χ0v) is 24.0. The molecule has 0 radical (unpaired) electrons. The quantitative estimate of drug-likeness (QED) is 0.224. The second-order valence-corrected chi connectivity index (χ2v) is 33.2. The number of unbranched alkanes of at least 4 members (excludes halogenated alkanes) is 3. The topological polar surface area (TPSA) is 3.24 Å². The zero-order chi connectivity index (χ0) is 19.6. The molecule has 0 unspecified atom stereocenters. The molecule has 0 aliphatic rings. The van der Waals surface area contributed by atoms with Crippen LogP contribution < -0.4 is 0 Å². The fourth-order valence-electron chi connectivity index (χ4n) is 4.17.